The number of carbonyl (C=O) groups is 1. The third-order valence-corrected chi connectivity index (χ3v) is 4.98. The molecule has 0 atom stereocenters. The van der Waals surface area contributed by atoms with E-state index in [1.54, 1.807) is 7.11 Å². The Kier molecular flexibility index (Phi) is 5.04. The van der Waals surface area contributed by atoms with Gasteiger partial charge >= 0.3 is 0 Å². The fraction of sp³-hybridized carbons (Fsp3) is 0.200. The molecule has 0 unspecified atom stereocenters. The van der Waals surface area contributed by atoms with Gasteiger partial charge in [0.25, 0.3) is 5.91 Å². The third kappa shape index (κ3) is 4.06. The monoisotopic (exact) mass is 400 g/mol. The van der Waals surface area contributed by atoms with Gasteiger partial charge in [-0.15, -0.1) is 0 Å². The van der Waals surface area contributed by atoms with Gasteiger partial charge in [-0.3, -0.25) is 4.79 Å². The van der Waals surface area contributed by atoms with Crippen molar-refractivity contribution < 1.29 is 13.9 Å². The molecule has 0 radical (unpaired) electrons. The zero-order chi connectivity index (χ0) is 21.3. The molecular formula is C25H24N2O3. The lowest BCUT2D eigenvalue weighted by atomic mass is 9.87. The second kappa shape index (κ2) is 7.67. The Hall–Kier alpha value is -3.60. The minimum absolute atomic E-state index is 0.0486. The highest BCUT2D eigenvalue weighted by atomic mass is 16.5. The van der Waals surface area contributed by atoms with Crippen LogP contribution in [0, 0.1) is 0 Å². The highest BCUT2D eigenvalue weighted by Gasteiger charge is 2.15. The molecule has 1 amide bonds. The summed E-state index contributed by atoms with van der Waals surface area (Å²) in [6.45, 7) is 6.45. The van der Waals surface area contributed by atoms with Crippen LogP contribution in [0.2, 0.25) is 0 Å². The minimum Gasteiger partial charge on any atom is -0.497 e. The van der Waals surface area contributed by atoms with E-state index in [9.17, 15) is 4.79 Å². The molecule has 152 valence electrons. The first kappa shape index (κ1) is 19.7. The number of hydrogen-bond acceptors (Lipinski definition) is 4. The van der Waals surface area contributed by atoms with Gasteiger partial charge in [0.1, 0.15) is 11.3 Å². The highest BCUT2D eigenvalue weighted by Crippen LogP contribution is 2.28. The average molecular weight is 400 g/mol. The Balaban J connectivity index is 1.55. The fourth-order valence-electron chi connectivity index (χ4n) is 3.21. The van der Waals surface area contributed by atoms with E-state index < -0.39 is 0 Å². The molecule has 3 aromatic carbocycles. The molecule has 0 aliphatic rings. The number of aromatic nitrogens is 1. The number of oxazole rings is 1. The normalized spacial score (nSPS) is 11.5. The zero-order valence-corrected chi connectivity index (χ0v) is 17.5. The molecule has 4 rings (SSSR count). The van der Waals surface area contributed by atoms with Gasteiger partial charge < -0.3 is 14.5 Å². The molecule has 1 aromatic heterocycles. The quantitative estimate of drug-likeness (QED) is 0.453. The molecule has 30 heavy (non-hydrogen) atoms. The maximum atomic E-state index is 12.7. The number of nitrogens with zero attached hydrogens (tertiary/aromatic N) is 1. The maximum absolute atomic E-state index is 12.7. The Labute approximate surface area is 175 Å². The number of benzene rings is 3. The number of amides is 1. The Morgan fingerprint density at radius 1 is 1.00 bits per heavy atom. The number of carbonyl (C=O) groups excluding carboxylic acids is 1. The van der Waals surface area contributed by atoms with Crippen molar-refractivity contribution in [2.45, 2.75) is 26.2 Å². The predicted octanol–water partition coefficient (Wildman–Crippen LogP) is 6.05. The van der Waals surface area contributed by atoms with Crippen molar-refractivity contribution in [2.75, 3.05) is 12.4 Å². The summed E-state index contributed by atoms with van der Waals surface area (Å²) in [5.41, 5.74) is 4.71. The summed E-state index contributed by atoms with van der Waals surface area (Å²) in [6, 6.07) is 20.7. The van der Waals surface area contributed by atoms with Gasteiger partial charge in [-0.1, -0.05) is 39.0 Å². The summed E-state index contributed by atoms with van der Waals surface area (Å²) >= 11 is 0. The highest BCUT2D eigenvalue weighted by molar-refractivity contribution is 6.04. The van der Waals surface area contributed by atoms with E-state index >= 15 is 0 Å². The van der Waals surface area contributed by atoms with Crippen LogP contribution in [0.3, 0.4) is 0 Å². The van der Waals surface area contributed by atoms with Crippen molar-refractivity contribution in [1.29, 1.82) is 0 Å². The molecule has 0 spiro atoms. The topological polar surface area (TPSA) is 64.4 Å². The molecule has 0 aliphatic heterocycles. The van der Waals surface area contributed by atoms with Gasteiger partial charge in [0.15, 0.2) is 5.58 Å². The third-order valence-electron chi connectivity index (χ3n) is 4.98. The van der Waals surface area contributed by atoms with E-state index in [4.69, 9.17) is 9.15 Å². The Morgan fingerprint density at radius 2 is 1.77 bits per heavy atom. The zero-order valence-electron chi connectivity index (χ0n) is 17.5. The van der Waals surface area contributed by atoms with E-state index in [0.717, 1.165) is 16.8 Å². The molecule has 0 aliphatic carbocycles. The van der Waals surface area contributed by atoms with Crippen molar-refractivity contribution in [2.24, 2.45) is 0 Å². The predicted molar refractivity (Wildman–Crippen MR) is 119 cm³/mol. The Bertz CT molecular complexity index is 1200. The van der Waals surface area contributed by atoms with Crippen molar-refractivity contribution in [1.82, 2.24) is 4.98 Å². The van der Waals surface area contributed by atoms with E-state index in [-0.39, 0.29) is 11.3 Å². The van der Waals surface area contributed by atoms with Crippen LogP contribution in [0.4, 0.5) is 5.69 Å². The van der Waals surface area contributed by atoms with Gasteiger partial charge in [-0.05, 0) is 53.4 Å². The van der Waals surface area contributed by atoms with Gasteiger partial charge in [0.05, 0.1) is 7.11 Å². The molecule has 0 saturated heterocycles. The van der Waals surface area contributed by atoms with E-state index in [2.05, 4.69) is 31.1 Å². The molecule has 1 N–H and O–H groups in total. The van der Waals surface area contributed by atoms with Gasteiger partial charge in [0.2, 0.25) is 5.89 Å². The van der Waals surface area contributed by atoms with Gasteiger partial charge in [0, 0.05) is 22.9 Å². The first-order chi connectivity index (χ1) is 14.3. The number of hydrogen-bond donors (Lipinski definition) is 1. The molecule has 0 saturated carbocycles. The molecule has 0 bridgehead atoms. The second-order valence-electron chi connectivity index (χ2n) is 8.21. The summed E-state index contributed by atoms with van der Waals surface area (Å²) in [7, 11) is 1.62. The lowest BCUT2D eigenvalue weighted by Crippen LogP contribution is -2.14. The standard InChI is InChI=1S/C25H24N2O3/c1-25(2,3)18-10-8-16(9-11-18)23(28)26-19-7-5-6-17(14-19)24-27-21-15-20(29-4)12-13-22(21)30-24/h5-15H,1-4H3,(H,26,28). The summed E-state index contributed by atoms with van der Waals surface area (Å²) < 4.78 is 11.1. The molecule has 4 aromatic rings. The van der Waals surface area contributed by atoms with Crippen LogP contribution in [0.1, 0.15) is 36.7 Å². The van der Waals surface area contributed by atoms with E-state index in [0.29, 0.717) is 22.7 Å². The van der Waals surface area contributed by atoms with Crippen LogP contribution in [-0.2, 0) is 5.41 Å². The molecular weight excluding hydrogens is 376 g/mol. The molecule has 5 nitrogen and oxygen atoms in total. The van der Waals surface area contributed by atoms with Crippen molar-refractivity contribution in [3.63, 3.8) is 0 Å². The van der Waals surface area contributed by atoms with Crippen molar-refractivity contribution in [3.8, 4) is 17.2 Å². The first-order valence-electron chi connectivity index (χ1n) is 9.80. The molecule has 5 heteroatoms. The minimum atomic E-state index is -0.157. The molecule has 0 fully saturated rings. The van der Waals surface area contributed by atoms with Gasteiger partial charge in [-0.2, -0.15) is 0 Å². The molecule has 1 heterocycles. The summed E-state index contributed by atoms with van der Waals surface area (Å²) in [5, 5.41) is 2.95. The number of fused-ring (bicyclic) bond motifs is 1. The summed E-state index contributed by atoms with van der Waals surface area (Å²) in [4.78, 5) is 17.2. The van der Waals surface area contributed by atoms with Crippen LogP contribution < -0.4 is 10.1 Å². The fourth-order valence-corrected chi connectivity index (χ4v) is 3.21. The van der Waals surface area contributed by atoms with Crippen LogP contribution in [-0.4, -0.2) is 18.0 Å². The summed E-state index contributed by atoms with van der Waals surface area (Å²) in [5.74, 6) is 1.06. The average Bonchev–Trinajstić information content (AvgIpc) is 3.16. The smallest absolute Gasteiger partial charge is 0.255 e. The van der Waals surface area contributed by atoms with Crippen LogP contribution >= 0.6 is 0 Å². The van der Waals surface area contributed by atoms with Crippen molar-refractivity contribution >= 4 is 22.7 Å². The lowest BCUT2D eigenvalue weighted by Gasteiger charge is -2.19. The number of rotatable bonds is 4. The van der Waals surface area contributed by atoms with Crippen molar-refractivity contribution in [3.05, 3.63) is 77.9 Å². The van der Waals surface area contributed by atoms with Crippen LogP contribution in [0.5, 0.6) is 5.75 Å². The van der Waals surface area contributed by atoms with E-state index in [1.165, 1.54) is 5.56 Å². The number of anilines is 1. The second-order valence-corrected chi connectivity index (χ2v) is 8.21. The largest absolute Gasteiger partial charge is 0.497 e. The Morgan fingerprint density at radius 3 is 2.47 bits per heavy atom. The lowest BCUT2D eigenvalue weighted by molar-refractivity contribution is 0.102. The number of methoxy groups -OCH3 is 1. The SMILES string of the molecule is COc1ccc2oc(-c3cccc(NC(=O)c4ccc(C(C)(C)C)cc4)c3)nc2c1. The first-order valence-corrected chi connectivity index (χ1v) is 9.80. The maximum Gasteiger partial charge on any atom is 0.255 e. The number of ether oxygens (including phenoxy) is 1. The van der Waals surface area contributed by atoms with Crippen LogP contribution in [0.25, 0.3) is 22.6 Å². The van der Waals surface area contributed by atoms with Crippen LogP contribution in [0.15, 0.2) is 71.1 Å². The van der Waals surface area contributed by atoms with E-state index in [1.807, 2.05) is 66.7 Å². The summed E-state index contributed by atoms with van der Waals surface area (Å²) in [6.07, 6.45) is 0. The number of nitrogens with one attached hydrogen (secondary N) is 1. The van der Waals surface area contributed by atoms with Gasteiger partial charge in [-0.25, -0.2) is 4.98 Å².